The van der Waals surface area contributed by atoms with Gasteiger partial charge in [-0.3, -0.25) is 14.8 Å². The molecule has 0 saturated heterocycles. The van der Waals surface area contributed by atoms with E-state index in [1.165, 1.54) is 5.56 Å². The monoisotopic (exact) mass is 274 g/mol. The van der Waals surface area contributed by atoms with E-state index in [0.717, 1.165) is 35.0 Å². The van der Waals surface area contributed by atoms with Gasteiger partial charge >= 0.3 is 0 Å². The maximum atomic E-state index is 12.8. The van der Waals surface area contributed by atoms with Crippen LogP contribution in [0.25, 0.3) is 10.9 Å². The highest BCUT2D eigenvalue weighted by Crippen LogP contribution is 2.34. The van der Waals surface area contributed by atoms with Crippen molar-refractivity contribution in [2.45, 2.75) is 18.8 Å². The number of benzene rings is 1. The van der Waals surface area contributed by atoms with Gasteiger partial charge in [0.25, 0.3) is 0 Å². The zero-order valence-electron chi connectivity index (χ0n) is 11.5. The molecule has 0 spiro atoms. The minimum atomic E-state index is -0.102. The molecule has 0 saturated carbocycles. The van der Waals surface area contributed by atoms with E-state index in [0.29, 0.717) is 0 Å². The van der Waals surface area contributed by atoms with Gasteiger partial charge in [-0.2, -0.15) is 0 Å². The van der Waals surface area contributed by atoms with Crippen molar-refractivity contribution in [2.24, 2.45) is 0 Å². The molecule has 0 radical (unpaired) electrons. The van der Waals surface area contributed by atoms with E-state index < -0.39 is 0 Å². The van der Waals surface area contributed by atoms with Gasteiger partial charge in [0.2, 0.25) is 0 Å². The van der Waals surface area contributed by atoms with Gasteiger partial charge < -0.3 is 0 Å². The largest absolute Gasteiger partial charge is 0.293 e. The van der Waals surface area contributed by atoms with Gasteiger partial charge in [-0.15, -0.1) is 0 Å². The van der Waals surface area contributed by atoms with Crippen molar-refractivity contribution in [3.63, 3.8) is 0 Å². The highest BCUT2D eigenvalue weighted by atomic mass is 16.1. The predicted octanol–water partition coefficient (Wildman–Crippen LogP) is 3.54. The number of fused-ring (bicyclic) bond motifs is 2. The minimum Gasteiger partial charge on any atom is -0.293 e. The first-order valence-electron chi connectivity index (χ1n) is 7.16. The van der Waals surface area contributed by atoms with Crippen LogP contribution < -0.4 is 0 Å². The summed E-state index contributed by atoms with van der Waals surface area (Å²) in [5.41, 5.74) is 3.82. The number of rotatable bonds is 2. The molecule has 1 unspecified atom stereocenters. The number of pyridine rings is 2. The third kappa shape index (κ3) is 2.02. The molecule has 1 aliphatic rings. The summed E-state index contributed by atoms with van der Waals surface area (Å²) >= 11 is 0. The van der Waals surface area contributed by atoms with Crippen LogP contribution in [0.5, 0.6) is 0 Å². The number of carbonyl (C=O) groups excluding carboxylic acids is 1. The molecule has 1 atom stereocenters. The van der Waals surface area contributed by atoms with Crippen LogP contribution in [0.3, 0.4) is 0 Å². The molecule has 2 heterocycles. The van der Waals surface area contributed by atoms with E-state index >= 15 is 0 Å². The molecule has 3 aromatic rings. The van der Waals surface area contributed by atoms with Gasteiger partial charge in [0.1, 0.15) is 0 Å². The summed E-state index contributed by atoms with van der Waals surface area (Å²) in [6, 6.07) is 13.6. The second-order valence-corrected chi connectivity index (χ2v) is 5.41. The molecule has 102 valence electrons. The van der Waals surface area contributed by atoms with Gasteiger partial charge in [0, 0.05) is 23.3 Å². The van der Waals surface area contributed by atoms with Gasteiger partial charge in [0.05, 0.1) is 17.1 Å². The average molecular weight is 274 g/mol. The van der Waals surface area contributed by atoms with E-state index in [1.807, 2.05) is 36.4 Å². The third-order valence-corrected chi connectivity index (χ3v) is 4.16. The smallest absolute Gasteiger partial charge is 0.171 e. The highest BCUT2D eigenvalue weighted by molar-refractivity contribution is 6.03. The maximum Gasteiger partial charge on any atom is 0.171 e. The fourth-order valence-corrected chi connectivity index (χ4v) is 3.10. The lowest BCUT2D eigenvalue weighted by Gasteiger charge is -2.10. The number of aryl methyl sites for hydroxylation is 1. The van der Waals surface area contributed by atoms with Crippen molar-refractivity contribution in [2.75, 3.05) is 0 Å². The van der Waals surface area contributed by atoms with Crippen molar-refractivity contribution < 1.29 is 4.79 Å². The Morgan fingerprint density at radius 2 is 1.90 bits per heavy atom. The topological polar surface area (TPSA) is 42.9 Å². The molecule has 3 nitrogen and oxygen atoms in total. The molecule has 1 aromatic carbocycles. The summed E-state index contributed by atoms with van der Waals surface area (Å²) in [5.74, 6) is 0.0634. The van der Waals surface area contributed by atoms with Crippen LogP contribution in [-0.4, -0.2) is 15.8 Å². The normalized spacial score (nSPS) is 16.9. The van der Waals surface area contributed by atoms with Crippen LogP contribution in [0.1, 0.15) is 34.0 Å². The van der Waals surface area contributed by atoms with Crippen LogP contribution in [0.2, 0.25) is 0 Å². The maximum absolute atomic E-state index is 12.8. The molecule has 0 fully saturated rings. The summed E-state index contributed by atoms with van der Waals surface area (Å²) < 4.78 is 0. The number of carbonyl (C=O) groups is 1. The minimum absolute atomic E-state index is 0.102. The number of Topliss-reactive ketones (excluding diaryl/α,β-unsaturated/α-hetero) is 1. The Hall–Kier alpha value is -2.55. The van der Waals surface area contributed by atoms with Gasteiger partial charge in [0.15, 0.2) is 5.78 Å². The Balaban J connectivity index is 1.74. The van der Waals surface area contributed by atoms with Crippen molar-refractivity contribution in [3.05, 3.63) is 71.7 Å². The zero-order valence-corrected chi connectivity index (χ0v) is 11.5. The lowest BCUT2D eigenvalue weighted by atomic mass is 9.94. The van der Waals surface area contributed by atoms with Crippen LogP contribution in [0.4, 0.5) is 0 Å². The van der Waals surface area contributed by atoms with E-state index in [4.69, 9.17) is 0 Å². The molecule has 0 amide bonds. The van der Waals surface area contributed by atoms with Gasteiger partial charge in [-0.1, -0.05) is 12.1 Å². The van der Waals surface area contributed by atoms with E-state index in [-0.39, 0.29) is 11.7 Å². The quantitative estimate of drug-likeness (QED) is 0.671. The molecule has 0 bridgehead atoms. The molecule has 2 aromatic heterocycles. The van der Waals surface area contributed by atoms with Crippen LogP contribution in [0, 0.1) is 0 Å². The van der Waals surface area contributed by atoms with Crippen LogP contribution >= 0.6 is 0 Å². The summed E-state index contributed by atoms with van der Waals surface area (Å²) in [4.78, 5) is 21.5. The zero-order chi connectivity index (χ0) is 14.2. The Labute approximate surface area is 122 Å². The highest BCUT2D eigenvalue weighted by Gasteiger charge is 2.30. The first kappa shape index (κ1) is 12.2. The van der Waals surface area contributed by atoms with Crippen LogP contribution in [-0.2, 0) is 6.42 Å². The van der Waals surface area contributed by atoms with Crippen LogP contribution in [0.15, 0.2) is 54.9 Å². The molecule has 4 rings (SSSR count). The van der Waals surface area contributed by atoms with Crippen molar-refractivity contribution in [1.29, 1.82) is 0 Å². The molecule has 0 N–H and O–H groups in total. The summed E-state index contributed by atoms with van der Waals surface area (Å²) in [6.07, 6.45) is 5.33. The predicted molar refractivity (Wildman–Crippen MR) is 81.4 cm³/mol. The van der Waals surface area contributed by atoms with Gasteiger partial charge in [-0.25, -0.2) is 0 Å². The summed E-state index contributed by atoms with van der Waals surface area (Å²) in [7, 11) is 0. The first-order chi connectivity index (χ1) is 10.3. The number of ketones is 1. The number of hydrogen-bond donors (Lipinski definition) is 0. The third-order valence-electron chi connectivity index (χ3n) is 4.16. The SMILES string of the molecule is O=C(c1ccc2ncccc2c1)C1CCc2cccnc21. The molecular formula is C18H14N2O. The average Bonchev–Trinajstić information content (AvgIpc) is 2.98. The second kappa shape index (κ2) is 4.77. The van der Waals surface area contributed by atoms with E-state index in [1.54, 1.807) is 12.4 Å². The Morgan fingerprint density at radius 3 is 2.86 bits per heavy atom. The summed E-state index contributed by atoms with van der Waals surface area (Å²) in [6.45, 7) is 0. The first-order valence-corrected chi connectivity index (χ1v) is 7.16. The lowest BCUT2D eigenvalue weighted by Crippen LogP contribution is -2.11. The fourth-order valence-electron chi connectivity index (χ4n) is 3.10. The number of nitrogens with zero attached hydrogens (tertiary/aromatic N) is 2. The standard InChI is InChI=1S/C18H14N2O/c21-18(15-7-5-12-3-1-10-20-17(12)15)14-6-8-16-13(11-14)4-2-9-19-16/h1-4,6,8-11,15H,5,7H2. The van der Waals surface area contributed by atoms with Crippen molar-refractivity contribution in [3.8, 4) is 0 Å². The molecular weight excluding hydrogens is 260 g/mol. The Bertz CT molecular complexity index is 841. The lowest BCUT2D eigenvalue weighted by molar-refractivity contribution is 0.0958. The molecule has 0 aliphatic heterocycles. The second-order valence-electron chi connectivity index (χ2n) is 5.41. The summed E-state index contributed by atoms with van der Waals surface area (Å²) in [5, 5.41) is 1.00. The fraction of sp³-hybridized carbons (Fsp3) is 0.167. The molecule has 21 heavy (non-hydrogen) atoms. The van der Waals surface area contributed by atoms with Crippen molar-refractivity contribution in [1.82, 2.24) is 9.97 Å². The van der Waals surface area contributed by atoms with Crippen molar-refractivity contribution >= 4 is 16.7 Å². The molecule has 3 heteroatoms. The van der Waals surface area contributed by atoms with Gasteiger partial charge in [-0.05, 0) is 48.7 Å². The van der Waals surface area contributed by atoms with E-state index in [2.05, 4.69) is 16.0 Å². The Morgan fingerprint density at radius 1 is 1.05 bits per heavy atom. The van der Waals surface area contributed by atoms with E-state index in [9.17, 15) is 4.79 Å². The number of aromatic nitrogens is 2. The number of hydrogen-bond acceptors (Lipinski definition) is 3. The Kier molecular flexibility index (Phi) is 2.78. The molecule has 1 aliphatic carbocycles.